The average molecular weight is 200 g/mol. The van der Waals surface area contributed by atoms with E-state index in [1.54, 1.807) is 6.07 Å². The van der Waals surface area contributed by atoms with Crippen molar-refractivity contribution in [2.45, 2.75) is 5.92 Å². The molecule has 2 rings (SSSR count). The average Bonchev–Trinajstić information content (AvgIpc) is 2.81. The first-order valence-corrected chi connectivity index (χ1v) is 4.85. The van der Waals surface area contributed by atoms with Gasteiger partial charge in [-0.2, -0.15) is 0 Å². The molecule has 0 saturated heterocycles. The summed E-state index contributed by atoms with van der Waals surface area (Å²) in [5, 5.41) is 0. The fourth-order valence-electron chi connectivity index (χ4n) is 1.72. The van der Waals surface area contributed by atoms with Crippen LogP contribution in [0.25, 0.3) is 0 Å². The molecule has 0 N–H and O–H groups in total. The van der Waals surface area contributed by atoms with Gasteiger partial charge in [-0.25, -0.2) is 4.79 Å². The van der Waals surface area contributed by atoms with E-state index in [1.165, 1.54) is 7.11 Å². The predicted molar refractivity (Wildman–Crippen MR) is 58.8 cm³/mol. The van der Waals surface area contributed by atoms with Crippen LogP contribution >= 0.6 is 0 Å². The normalized spacial score (nSPS) is 14.5. The number of hydrogen-bond donors (Lipinski definition) is 0. The van der Waals surface area contributed by atoms with Gasteiger partial charge in [0.2, 0.25) is 0 Å². The molecule has 1 aromatic rings. The number of esters is 1. The van der Waals surface area contributed by atoms with Gasteiger partial charge in [-0.3, -0.25) is 0 Å². The summed E-state index contributed by atoms with van der Waals surface area (Å²) in [6, 6.07) is 7.53. The Morgan fingerprint density at radius 3 is 2.53 bits per heavy atom. The Balaban J connectivity index is 2.42. The second-order valence-electron chi connectivity index (χ2n) is 3.37. The lowest BCUT2D eigenvalue weighted by atomic mass is 9.95. The molecule has 0 saturated carbocycles. The Labute approximate surface area is 88.9 Å². The summed E-state index contributed by atoms with van der Waals surface area (Å²) in [5.74, 6) is -0.0837. The molecule has 1 aromatic carbocycles. The van der Waals surface area contributed by atoms with Crippen molar-refractivity contribution in [1.82, 2.24) is 0 Å². The first-order valence-electron chi connectivity index (χ1n) is 4.85. The van der Waals surface area contributed by atoms with Crippen LogP contribution < -0.4 is 0 Å². The topological polar surface area (TPSA) is 26.3 Å². The molecule has 0 unspecified atom stereocenters. The van der Waals surface area contributed by atoms with E-state index in [1.807, 2.05) is 30.4 Å². The van der Waals surface area contributed by atoms with Gasteiger partial charge in [-0.1, -0.05) is 42.5 Å². The van der Waals surface area contributed by atoms with Gasteiger partial charge in [0.05, 0.1) is 12.7 Å². The van der Waals surface area contributed by atoms with Gasteiger partial charge in [-0.05, 0) is 11.6 Å². The van der Waals surface area contributed by atoms with Crippen LogP contribution in [-0.4, -0.2) is 13.1 Å². The highest BCUT2D eigenvalue weighted by Gasteiger charge is 2.16. The molecule has 0 amide bonds. The quantitative estimate of drug-likeness (QED) is 0.686. The number of ether oxygens (including phenoxy) is 1. The fraction of sp³-hybridized carbons (Fsp3) is 0.154. The van der Waals surface area contributed by atoms with E-state index in [9.17, 15) is 4.79 Å². The maximum atomic E-state index is 11.5. The van der Waals surface area contributed by atoms with Crippen molar-refractivity contribution in [2.24, 2.45) is 0 Å². The van der Waals surface area contributed by atoms with Crippen molar-refractivity contribution in [2.75, 3.05) is 7.11 Å². The summed E-state index contributed by atoms with van der Waals surface area (Å²) in [6.45, 7) is 0. The van der Waals surface area contributed by atoms with Crippen molar-refractivity contribution in [1.29, 1.82) is 0 Å². The molecule has 0 spiro atoms. The van der Waals surface area contributed by atoms with Crippen LogP contribution in [-0.2, 0) is 4.74 Å². The van der Waals surface area contributed by atoms with E-state index < -0.39 is 0 Å². The van der Waals surface area contributed by atoms with E-state index in [0.717, 1.165) is 5.56 Å². The Hall–Kier alpha value is -1.83. The molecule has 76 valence electrons. The number of methoxy groups -OCH3 is 1. The summed E-state index contributed by atoms with van der Waals surface area (Å²) < 4.78 is 4.75. The number of rotatable bonds is 2. The minimum absolute atomic E-state index is 0.195. The maximum absolute atomic E-state index is 11.5. The van der Waals surface area contributed by atoms with Crippen molar-refractivity contribution >= 4 is 5.97 Å². The molecule has 0 aliphatic heterocycles. The molecule has 1 aliphatic rings. The third kappa shape index (κ3) is 1.84. The number of allylic oxidation sites excluding steroid dienone is 4. The minimum Gasteiger partial charge on any atom is -0.465 e. The van der Waals surface area contributed by atoms with Gasteiger partial charge in [-0.15, -0.1) is 0 Å². The largest absolute Gasteiger partial charge is 0.465 e. The zero-order chi connectivity index (χ0) is 10.7. The lowest BCUT2D eigenvalue weighted by Crippen LogP contribution is -2.06. The monoisotopic (exact) mass is 200 g/mol. The lowest BCUT2D eigenvalue weighted by Gasteiger charge is -2.10. The Morgan fingerprint density at radius 1 is 1.20 bits per heavy atom. The van der Waals surface area contributed by atoms with E-state index in [2.05, 4.69) is 12.2 Å². The van der Waals surface area contributed by atoms with Crippen LogP contribution in [0.15, 0.2) is 48.6 Å². The fourth-order valence-corrected chi connectivity index (χ4v) is 1.72. The Kier molecular flexibility index (Phi) is 2.68. The third-order valence-electron chi connectivity index (χ3n) is 2.47. The molecular formula is C13H12O2. The van der Waals surface area contributed by atoms with Gasteiger partial charge < -0.3 is 4.74 Å². The van der Waals surface area contributed by atoms with Crippen LogP contribution in [0.4, 0.5) is 0 Å². The Bertz CT molecular complexity index is 418. The zero-order valence-electron chi connectivity index (χ0n) is 8.51. The van der Waals surface area contributed by atoms with Crippen LogP contribution in [0.2, 0.25) is 0 Å². The van der Waals surface area contributed by atoms with E-state index in [-0.39, 0.29) is 11.9 Å². The SMILES string of the molecule is COC(=O)c1ccccc1C1C=CC=C1. The second-order valence-corrected chi connectivity index (χ2v) is 3.37. The summed E-state index contributed by atoms with van der Waals surface area (Å²) in [7, 11) is 1.40. The van der Waals surface area contributed by atoms with Crippen molar-refractivity contribution < 1.29 is 9.53 Å². The maximum Gasteiger partial charge on any atom is 0.338 e. The zero-order valence-corrected chi connectivity index (χ0v) is 8.51. The van der Waals surface area contributed by atoms with Crippen LogP contribution in [0.1, 0.15) is 21.8 Å². The smallest absolute Gasteiger partial charge is 0.338 e. The summed E-state index contributed by atoms with van der Waals surface area (Å²) in [6.07, 6.45) is 8.08. The van der Waals surface area contributed by atoms with E-state index >= 15 is 0 Å². The second kappa shape index (κ2) is 4.13. The standard InChI is InChI=1S/C13H12O2/c1-15-13(14)12-9-5-4-8-11(12)10-6-2-3-7-10/h2-10H,1H3. The Morgan fingerprint density at radius 2 is 1.87 bits per heavy atom. The van der Waals surface area contributed by atoms with E-state index in [4.69, 9.17) is 4.74 Å². The van der Waals surface area contributed by atoms with Crippen LogP contribution in [0, 0.1) is 0 Å². The van der Waals surface area contributed by atoms with Gasteiger partial charge in [0, 0.05) is 5.92 Å². The molecule has 0 bridgehead atoms. The number of carbonyl (C=O) groups excluding carboxylic acids is 1. The minimum atomic E-state index is -0.278. The summed E-state index contributed by atoms with van der Waals surface area (Å²) in [4.78, 5) is 11.5. The third-order valence-corrected chi connectivity index (χ3v) is 2.47. The molecule has 0 heterocycles. The molecule has 1 aliphatic carbocycles. The molecule has 0 aromatic heterocycles. The number of benzene rings is 1. The molecule has 15 heavy (non-hydrogen) atoms. The molecule has 0 atom stereocenters. The van der Waals surface area contributed by atoms with Gasteiger partial charge in [0.15, 0.2) is 0 Å². The molecule has 0 fully saturated rings. The van der Waals surface area contributed by atoms with Gasteiger partial charge >= 0.3 is 5.97 Å². The molecule has 0 radical (unpaired) electrons. The van der Waals surface area contributed by atoms with Gasteiger partial charge in [0.1, 0.15) is 0 Å². The van der Waals surface area contributed by atoms with Crippen molar-refractivity contribution in [3.05, 3.63) is 59.7 Å². The predicted octanol–water partition coefficient (Wildman–Crippen LogP) is 2.68. The summed E-state index contributed by atoms with van der Waals surface area (Å²) >= 11 is 0. The lowest BCUT2D eigenvalue weighted by molar-refractivity contribution is 0.0599. The highest BCUT2D eigenvalue weighted by Crippen LogP contribution is 2.26. The van der Waals surface area contributed by atoms with E-state index in [0.29, 0.717) is 5.56 Å². The molecular weight excluding hydrogens is 188 g/mol. The highest BCUT2D eigenvalue weighted by atomic mass is 16.5. The van der Waals surface area contributed by atoms with Crippen molar-refractivity contribution in [3.63, 3.8) is 0 Å². The first kappa shape index (κ1) is 9.71. The highest BCUT2D eigenvalue weighted by molar-refractivity contribution is 5.91. The number of carbonyl (C=O) groups is 1. The van der Waals surface area contributed by atoms with Crippen molar-refractivity contribution in [3.8, 4) is 0 Å². The number of hydrogen-bond acceptors (Lipinski definition) is 2. The summed E-state index contributed by atoms with van der Waals surface area (Å²) in [5.41, 5.74) is 1.63. The van der Waals surface area contributed by atoms with Crippen LogP contribution in [0.5, 0.6) is 0 Å². The molecule has 2 heteroatoms. The van der Waals surface area contributed by atoms with Crippen LogP contribution in [0.3, 0.4) is 0 Å². The van der Waals surface area contributed by atoms with Gasteiger partial charge in [0.25, 0.3) is 0 Å². The molecule has 2 nitrogen and oxygen atoms in total. The first-order chi connectivity index (χ1) is 7.33.